The molecule has 0 saturated heterocycles. The van der Waals surface area contributed by atoms with Gasteiger partial charge in [0.15, 0.2) is 11.6 Å². The molecule has 0 saturated carbocycles. The summed E-state index contributed by atoms with van der Waals surface area (Å²) < 4.78 is 19.1. The number of ether oxygens (including phenoxy) is 1. The van der Waals surface area contributed by atoms with E-state index in [9.17, 15) is 14.5 Å². The number of nitrogens with zero attached hydrogens (tertiary/aromatic N) is 1. The summed E-state index contributed by atoms with van der Waals surface area (Å²) in [6.45, 7) is 0.176. The molecule has 0 heterocycles. The minimum Gasteiger partial charge on any atom is -0.490 e. The second-order valence-electron chi connectivity index (χ2n) is 4.38. The number of nitro benzene ring substituents is 1. The van der Waals surface area contributed by atoms with Crippen LogP contribution in [0.25, 0.3) is 0 Å². The van der Waals surface area contributed by atoms with Crippen LogP contribution in [0.3, 0.4) is 0 Å². The van der Waals surface area contributed by atoms with E-state index in [4.69, 9.17) is 4.74 Å². The number of nitro groups is 1. The number of rotatable bonds is 6. The van der Waals surface area contributed by atoms with Crippen molar-refractivity contribution in [2.75, 3.05) is 6.61 Å². The number of alkyl halides is 1. The van der Waals surface area contributed by atoms with Crippen LogP contribution in [-0.4, -0.2) is 11.5 Å². The summed E-state index contributed by atoms with van der Waals surface area (Å²) in [7, 11) is 0. The van der Waals surface area contributed by atoms with Gasteiger partial charge in [0.1, 0.15) is 0 Å². The predicted molar refractivity (Wildman–Crippen MR) is 81.3 cm³/mol. The molecule has 0 radical (unpaired) electrons. The molecule has 0 fully saturated rings. The summed E-state index contributed by atoms with van der Waals surface area (Å²) in [6, 6.07) is 11.2. The van der Waals surface area contributed by atoms with Crippen molar-refractivity contribution in [3.63, 3.8) is 0 Å². The van der Waals surface area contributed by atoms with E-state index in [0.717, 1.165) is 5.56 Å². The fraction of sp³-hybridized carbons (Fsp3) is 0.200. The van der Waals surface area contributed by atoms with E-state index in [1.54, 1.807) is 30.3 Å². The SMILES string of the molecule is O=[N+]([O-])c1ccccc1CCOc1ccc(CBr)cc1F. The maximum Gasteiger partial charge on any atom is 0.272 e. The minimum absolute atomic E-state index is 0.0520. The van der Waals surface area contributed by atoms with E-state index >= 15 is 0 Å². The van der Waals surface area contributed by atoms with Crippen molar-refractivity contribution in [3.05, 3.63) is 69.5 Å². The lowest BCUT2D eigenvalue weighted by molar-refractivity contribution is -0.385. The van der Waals surface area contributed by atoms with Crippen molar-refractivity contribution in [3.8, 4) is 5.75 Å². The Balaban J connectivity index is 2.00. The molecule has 4 nitrogen and oxygen atoms in total. The van der Waals surface area contributed by atoms with Crippen LogP contribution in [0.15, 0.2) is 42.5 Å². The standard InChI is InChI=1S/C15H13BrFNO3/c16-10-11-5-6-15(13(17)9-11)21-8-7-12-3-1-2-4-14(12)18(19)20/h1-6,9H,7-8,10H2. The number of benzene rings is 2. The molecule has 0 bridgehead atoms. The van der Waals surface area contributed by atoms with Crippen LogP contribution in [0, 0.1) is 15.9 Å². The molecule has 110 valence electrons. The van der Waals surface area contributed by atoms with E-state index in [2.05, 4.69) is 15.9 Å². The van der Waals surface area contributed by atoms with Gasteiger partial charge in [-0.2, -0.15) is 0 Å². The monoisotopic (exact) mass is 353 g/mol. The fourth-order valence-electron chi connectivity index (χ4n) is 1.92. The van der Waals surface area contributed by atoms with Gasteiger partial charge in [-0.1, -0.05) is 40.2 Å². The third-order valence-electron chi connectivity index (χ3n) is 2.97. The molecule has 2 aromatic carbocycles. The summed E-state index contributed by atoms with van der Waals surface area (Å²) >= 11 is 3.25. The molecule has 2 rings (SSSR count). The van der Waals surface area contributed by atoms with Gasteiger partial charge in [0.2, 0.25) is 0 Å². The molecule has 0 atom stereocenters. The Morgan fingerprint density at radius 2 is 2.00 bits per heavy atom. The summed E-state index contributed by atoms with van der Waals surface area (Å²) in [4.78, 5) is 10.4. The van der Waals surface area contributed by atoms with Crippen molar-refractivity contribution in [1.29, 1.82) is 0 Å². The Morgan fingerprint density at radius 3 is 2.67 bits per heavy atom. The zero-order chi connectivity index (χ0) is 15.2. The van der Waals surface area contributed by atoms with Crippen LogP contribution in [0.1, 0.15) is 11.1 Å². The van der Waals surface area contributed by atoms with Crippen LogP contribution in [0.5, 0.6) is 5.75 Å². The summed E-state index contributed by atoms with van der Waals surface area (Å²) in [5.41, 5.74) is 1.44. The van der Waals surface area contributed by atoms with Gasteiger partial charge in [0.25, 0.3) is 5.69 Å². The topological polar surface area (TPSA) is 52.4 Å². The maximum atomic E-state index is 13.7. The van der Waals surface area contributed by atoms with Gasteiger partial charge in [-0.3, -0.25) is 10.1 Å². The van der Waals surface area contributed by atoms with Crippen LogP contribution in [0.4, 0.5) is 10.1 Å². The number of hydrogen-bond donors (Lipinski definition) is 0. The van der Waals surface area contributed by atoms with Gasteiger partial charge in [-0.25, -0.2) is 4.39 Å². The molecule has 0 aliphatic carbocycles. The first-order chi connectivity index (χ1) is 10.1. The average molecular weight is 354 g/mol. The lowest BCUT2D eigenvalue weighted by Crippen LogP contribution is -2.05. The molecule has 21 heavy (non-hydrogen) atoms. The van der Waals surface area contributed by atoms with Crippen LogP contribution < -0.4 is 4.74 Å². The Hall–Kier alpha value is -1.95. The van der Waals surface area contributed by atoms with Gasteiger partial charge >= 0.3 is 0 Å². The molecule has 0 spiro atoms. The molecular formula is C15H13BrFNO3. The Bertz CT molecular complexity index is 649. The normalized spacial score (nSPS) is 10.4. The first-order valence-corrected chi connectivity index (χ1v) is 7.43. The molecule has 2 aromatic rings. The molecule has 0 aliphatic rings. The quantitative estimate of drug-likeness (QED) is 0.443. The lowest BCUT2D eigenvalue weighted by Gasteiger charge is -2.08. The van der Waals surface area contributed by atoms with Gasteiger partial charge in [-0.15, -0.1) is 0 Å². The molecule has 0 unspecified atom stereocenters. The van der Waals surface area contributed by atoms with Crippen molar-refractivity contribution in [1.82, 2.24) is 0 Å². The number of hydrogen-bond acceptors (Lipinski definition) is 3. The van der Waals surface area contributed by atoms with E-state index in [-0.39, 0.29) is 18.0 Å². The maximum absolute atomic E-state index is 13.7. The first-order valence-electron chi connectivity index (χ1n) is 6.31. The minimum atomic E-state index is -0.436. The van der Waals surface area contributed by atoms with Crippen LogP contribution >= 0.6 is 15.9 Å². The average Bonchev–Trinajstić information content (AvgIpc) is 2.49. The number of halogens is 2. The van der Waals surface area contributed by atoms with Crippen molar-refractivity contribution >= 4 is 21.6 Å². The molecular weight excluding hydrogens is 341 g/mol. The summed E-state index contributed by atoms with van der Waals surface area (Å²) in [6.07, 6.45) is 0.344. The fourth-order valence-corrected chi connectivity index (χ4v) is 2.26. The summed E-state index contributed by atoms with van der Waals surface area (Å²) in [5.74, 6) is -0.284. The number of para-hydroxylation sites is 1. The van der Waals surface area contributed by atoms with E-state index in [1.807, 2.05) is 0 Å². The van der Waals surface area contributed by atoms with E-state index < -0.39 is 10.7 Å². The van der Waals surface area contributed by atoms with E-state index in [1.165, 1.54) is 12.1 Å². The van der Waals surface area contributed by atoms with Crippen molar-refractivity contribution < 1.29 is 14.1 Å². The first kappa shape index (κ1) is 15.4. The van der Waals surface area contributed by atoms with Gasteiger partial charge in [-0.05, 0) is 17.7 Å². The molecule has 0 aromatic heterocycles. The zero-order valence-electron chi connectivity index (χ0n) is 11.1. The molecule has 6 heteroatoms. The third kappa shape index (κ3) is 4.01. The smallest absolute Gasteiger partial charge is 0.272 e. The second-order valence-corrected chi connectivity index (χ2v) is 4.94. The molecule has 0 aliphatic heterocycles. The Labute approximate surface area is 129 Å². The predicted octanol–water partition coefficient (Wildman–Crippen LogP) is 4.25. The lowest BCUT2D eigenvalue weighted by atomic mass is 10.1. The van der Waals surface area contributed by atoms with Crippen molar-refractivity contribution in [2.24, 2.45) is 0 Å². The summed E-state index contributed by atoms with van der Waals surface area (Å²) in [5, 5.41) is 11.4. The van der Waals surface area contributed by atoms with Gasteiger partial charge in [0, 0.05) is 23.4 Å². The Morgan fingerprint density at radius 1 is 1.24 bits per heavy atom. The highest BCUT2D eigenvalue weighted by molar-refractivity contribution is 9.08. The Kier molecular flexibility index (Phi) is 5.27. The third-order valence-corrected chi connectivity index (χ3v) is 3.62. The van der Waals surface area contributed by atoms with E-state index in [0.29, 0.717) is 17.3 Å². The second kappa shape index (κ2) is 7.17. The van der Waals surface area contributed by atoms with Crippen molar-refractivity contribution in [2.45, 2.75) is 11.8 Å². The highest BCUT2D eigenvalue weighted by Gasteiger charge is 2.12. The highest BCUT2D eigenvalue weighted by atomic mass is 79.9. The molecule has 0 amide bonds. The van der Waals surface area contributed by atoms with Crippen LogP contribution in [-0.2, 0) is 11.8 Å². The largest absolute Gasteiger partial charge is 0.490 e. The van der Waals surface area contributed by atoms with Gasteiger partial charge < -0.3 is 4.74 Å². The van der Waals surface area contributed by atoms with Gasteiger partial charge in [0.05, 0.1) is 11.5 Å². The molecule has 0 N–H and O–H groups in total. The highest BCUT2D eigenvalue weighted by Crippen LogP contribution is 2.21. The van der Waals surface area contributed by atoms with Crippen LogP contribution in [0.2, 0.25) is 0 Å². The zero-order valence-corrected chi connectivity index (χ0v) is 12.7.